The van der Waals surface area contributed by atoms with Crippen LogP contribution >= 0.6 is 0 Å². The summed E-state index contributed by atoms with van der Waals surface area (Å²) in [4.78, 5) is 10.6. The van der Waals surface area contributed by atoms with Gasteiger partial charge in [-0.2, -0.15) is 5.26 Å². The smallest absolute Gasteiger partial charge is 0.161 e. The molecule has 7 heteroatoms. The van der Waals surface area contributed by atoms with Crippen LogP contribution in [0.25, 0.3) is 0 Å². The van der Waals surface area contributed by atoms with E-state index in [0.29, 0.717) is 19.0 Å². The third-order valence-corrected chi connectivity index (χ3v) is 3.07. The summed E-state index contributed by atoms with van der Waals surface area (Å²) in [5.41, 5.74) is 3.60. The number of nitriles is 1. The zero-order valence-electron chi connectivity index (χ0n) is 11.0. The Morgan fingerprint density at radius 3 is 3.16 bits per heavy atom. The van der Waals surface area contributed by atoms with Crippen molar-refractivity contribution in [1.82, 2.24) is 9.97 Å². The second-order valence-electron chi connectivity index (χ2n) is 4.35. The van der Waals surface area contributed by atoms with Crippen molar-refractivity contribution in [2.24, 2.45) is 5.84 Å². The Morgan fingerprint density at radius 2 is 2.47 bits per heavy atom. The maximum Gasteiger partial charge on any atom is 0.161 e. The molecular formula is C12H18N6O. The van der Waals surface area contributed by atoms with Crippen LogP contribution in [0.4, 0.5) is 11.6 Å². The number of rotatable bonds is 4. The van der Waals surface area contributed by atoms with Gasteiger partial charge in [-0.15, -0.1) is 0 Å². The maximum absolute atomic E-state index is 8.96. The van der Waals surface area contributed by atoms with E-state index in [1.807, 2.05) is 0 Å². The van der Waals surface area contributed by atoms with Crippen LogP contribution in [0.1, 0.15) is 18.9 Å². The number of hydrazine groups is 1. The molecule has 1 saturated heterocycles. The standard InChI is InChI=1S/C12H18N6O/c1-2-3-10-11(17-14)15-8-16-12(10)18-4-5-19-9(6-13)7-18/h8-9H,2-5,7,14H2,1H3,(H,15,16,17). The summed E-state index contributed by atoms with van der Waals surface area (Å²) in [5.74, 6) is 6.98. The Bertz CT molecular complexity index is 472. The largest absolute Gasteiger partial charge is 0.360 e. The average Bonchev–Trinajstić information content (AvgIpc) is 2.48. The van der Waals surface area contributed by atoms with Crippen LogP contribution in [-0.4, -0.2) is 35.8 Å². The number of morpholine rings is 1. The molecule has 0 saturated carbocycles. The predicted octanol–water partition coefficient (Wildman–Crippen LogP) is 0.443. The monoisotopic (exact) mass is 262 g/mol. The summed E-state index contributed by atoms with van der Waals surface area (Å²) in [6.07, 6.45) is 2.89. The fraction of sp³-hybridized carbons (Fsp3) is 0.583. The van der Waals surface area contributed by atoms with Crippen molar-refractivity contribution < 1.29 is 4.74 Å². The van der Waals surface area contributed by atoms with Gasteiger partial charge in [-0.05, 0) is 6.42 Å². The molecule has 0 amide bonds. The molecule has 0 aliphatic carbocycles. The number of ether oxygens (including phenoxy) is 1. The van der Waals surface area contributed by atoms with E-state index in [4.69, 9.17) is 15.8 Å². The molecule has 1 unspecified atom stereocenters. The molecule has 0 radical (unpaired) electrons. The van der Waals surface area contributed by atoms with Crippen molar-refractivity contribution in [2.45, 2.75) is 25.9 Å². The lowest BCUT2D eigenvalue weighted by Crippen LogP contribution is -2.42. The molecule has 19 heavy (non-hydrogen) atoms. The second-order valence-corrected chi connectivity index (χ2v) is 4.35. The quantitative estimate of drug-likeness (QED) is 0.600. The fourth-order valence-electron chi connectivity index (χ4n) is 2.20. The molecule has 0 bridgehead atoms. The first-order valence-electron chi connectivity index (χ1n) is 6.36. The fourth-order valence-corrected chi connectivity index (χ4v) is 2.20. The highest BCUT2D eigenvalue weighted by Gasteiger charge is 2.24. The Morgan fingerprint density at radius 1 is 1.63 bits per heavy atom. The van der Waals surface area contributed by atoms with E-state index >= 15 is 0 Å². The highest BCUT2D eigenvalue weighted by molar-refractivity contribution is 5.58. The minimum Gasteiger partial charge on any atom is -0.360 e. The maximum atomic E-state index is 8.96. The minimum atomic E-state index is -0.410. The summed E-state index contributed by atoms with van der Waals surface area (Å²) in [5, 5.41) is 8.96. The van der Waals surface area contributed by atoms with Gasteiger partial charge in [-0.1, -0.05) is 13.3 Å². The number of aromatic nitrogens is 2. The van der Waals surface area contributed by atoms with Crippen molar-refractivity contribution in [2.75, 3.05) is 30.0 Å². The van der Waals surface area contributed by atoms with E-state index < -0.39 is 6.10 Å². The second kappa shape index (κ2) is 6.31. The zero-order chi connectivity index (χ0) is 13.7. The molecule has 7 nitrogen and oxygen atoms in total. The van der Waals surface area contributed by atoms with Gasteiger partial charge < -0.3 is 15.1 Å². The van der Waals surface area contributed by atoms with Crippen LogP contribution < -0.4 is 16.2 Å². The topological polar surface area (TPSA) is 100 Å². The lowest BCUT2D eigenvalue weighted by atomic mass is 10.1. The lowest BCUT2D eigenvalue weighted by molar-refractivity contribution is 0.0761. The van der Waals surface area contributed by atoms with Crippen molar-refractivity contribution in [3.05, 3.63) is 11.9 Å². The zero-order valence-corrected chi connectivity index (χ0v) is 11.0. The van der Waals surface area contributed by atoms with Crippen LogP contribution in [-0.2, 0) is 11.2 Å². The van der Waals surface area contributed by atoms with Crippen LogP contribution in [0.15, 0.2) is 6.33 Å². The van der Waals surface area contributed by atoms with Gasteiger partial charge >= 0.3 is 0 Å². The van der Waals surface area contributed by atoms with E-state index in [-0.39, 0.29) is 0 Å². The van der Waals surface area contributed by atoms with Gasteiger partial charge in [0, 0.05) is 12.1 Å². The average molecular weight is 262 g/mol. The highest BCUT2D eigenvalue weighted by Crippen LogP contribution is 2.25. The van der Waals surface area contributed by atoms with E-state index in [0.717, 1.165) is 30.8 Å². The van der Waals surface area contributed by atoms with Crippen LogP contribution in [0.3, 0.4) is 0 Å². The molecule has 1 aliphatic rings. The first kappa shape index (κ1) is 13.5. The van der Waals surface area contributed by atoms with Gasteiger partial charge in [0.15, 0.2) is 6.10 Å². The van der Waals surface area contributed by atoms with Gasteiger partial charge in [0.2, 0.25) is 0 Å². The summed E-state index contributed by atoms with van der Waals surface area (Å²) in [6.45, 7) is 3.86. The van der Waals surface area contributed by atoms with Gasteiger partial charge in [0.05, 0.1) is 19.2 Å². The Hall–Kier alpha value is -1.91. The van der Waals surface area contributed by atoms with Crippen LogP contribution in [0, 0.1) is 11.3 Å². The molecular weight excluding hydrogens is 244 g/mol. The summed E-state index contributed by atoms with van der Waals surface area (Å²) < 4.78 is 5.35. The van der Waals surface area contributed by atoms with Crippen molar-refractivity contribution in [3.8, 4) is 6.07 Å². The van der Waals surface area contributed by atoms with Crippen molar-refractivity contribution in [3.63, 3.8) is 0 Å². The first-order valence-corrected chi connectivity index (χ1v) is 6.36. The summed E-state index contributed by atoms with van der Waals surface area (Å²) in [7, 11) is 0. The molecule has 2 heterocycles. The van der Waals surface area contributed by atoms with Crippen molar-refractivity contribution in [1.29, 1.82) is 5.26 Å². The summed E-state index contributed by atoms with van der Waals surface area (Å²) >= 11 is 0. The Kier molecular flexibility index (Phi) is 4.49. The minimum absolute atomic E-state index is 0.410. The molecule has 0 aromatic carbocycles. The van der Waals surface area contributed by atoms with Gasteiger partial charge in [0.25, 0.3) is 0 Å². The molecule has 3 N–H and O–H groups in total. The first-order chi connectivity index (χ1) is 9.30. The van der Waals surface area contributed by atoms with Gasteiger partial charge in [0.1, 0.15) is 18.0 Å². The number of nitrogens with one attached hydrogen (secondary N) is 1. The van der Waals surface area contributed by atoms with E-state index in [2.05, 4.69) is 33.3 Å². The number of nitrogens with two attached hydrogens (primary N) is 1. The molecule has 0 spiro atoms. The number of nitrogen functional groups attached to an aromatic ring is 1. The molecule has 2 rings (SSSR count). The third-order valence-electron chi connectivity index (χ3n) is 3.07. The molecule has 1 aromatic rings. The SMILES string of the molecule is CCCc1c(NN)ncnc1N1CCOC(C#N)C1. The highest BCUT2D eigenvalue weighted by atomic mass is 16.5. The number of hydrogen-bond donors (Lipinski definition) is 2. The van der Waals surface area contributed by atoms with Gasteiger partial charge in [-0.25, -0.2) is 15.8 Å². The third kappa shape index (κ3) is 2.92. The predicted molar refractivity (Wildman–Crippen MR) is 71.4 cm³/mol. The molecule has 102 valence electrons. The normalized spacial score (nSPS) is 19.0. The Labute approximate surface area is 112 Å². The number of hydrogen-bond acceptors (Lipinski definition) is 7. The molecule has 1 aromatic heterocycles. The van der Waals surface area contributed by atoms with E-state index in [1.54, 1.807) is 0 Å². The molecule has 1 atom stereocenters. The number of nitrogens with zero attached hydrogens (tertiary/aromatic N) is 4. The van der Waals surface area contributed by atoms with Gasteiger partial charge in [-0.3, -0.25) is 0 Å². The van der Waals surface area contributed by atoms with Crippen molar-refractivity contribution >= 4 is 11.6 Å². The number of anilines is 2. The van der Waals surface area contributed by atoms with Crippen LogP contribution in [0.5, 0.6) is 0 Å². The summed E-state index contributed by atoms with van der Waals surface area (Å²) in [6, 6.07) is 2.14. The molecule has 1 fully saturated rings. The van der Waals surface area contributed by atoms with E-state index in [1.165, 1.54) is 6.33 Å². The van der Waals surface area contributed by atoms with Crippen LogP contribution in [0.2, 0.25) is 0 Å². The Balaban J connectivity index is 2.30. The molecule has 1 aliphatic heterocycles. The van der Waals surface area contributed by atoms with E-state index in [9.17, 15) is 0 Å². The lowest BCUT2D eigenvalue weighted by Gasteiger charge is -2.32.